The molecule has 0 spiro atoms. The molecule has 0 radical (unpaired) electrons. The highest BCUT2D eigenvalue weighted by atomic mass is 19.4. The lowest BCUT2D eigenvalue weighted by molar-refractivity contribution is -0.274. The highest BCUT2D eigenvalue weighted by molar-refractivity contribution is 5.79. The third-order valence-electron chi connectivity index (χ3n) is 5.94. The van der Waals surface area contributed by atoms with Crippen molar-refractivity contribution in [2.24, 2.45) is 0 Å². The Bertz CT molecular complexity index is 1190. The van der Waals surface area contributed by atoms with Crippen molar-refractivity contribution in [2.45, 2.75) is 30.9 Å². The van der Waals surface area contributed by atoms with Gasteiger partial charge in [0.1, 0.15) is 24.3 Å². The number of hydrogen-bond acceptors (Lipinski definition) is 5. The van der Waals surface area contributed by atoms with Gasteiger partial charge >= 0.3 is 12.5 Å². The van der Waals surface area contributed by atoms with E-state index >= 15 is 0 Å². The van der Waals surface area contributed by atoms with Crippen LogP contribution in [0.1, 0.15) is 35.1 Å². The Kier molecular flexibility index (Phi) is 7.46. The van der Waals surface area contributed by atoms with Crippen LogP contribution in [-0.4, -0.2) is 41.9 Å². The van der Waals surface area contributed by atoms with Gasteiger partial charge in [0.15, 0.2) is 0 Å². The minimum absolute atomic E-state index is 0.0915. The van der Waals surface area contributed by atoms with Gasteiger partial charge in [0.05, 0.1) is 6.10 Å². The number of aliphatic hydroxyl groups excluding tert-OH is 2. The number of carbonyl (C=O) groups is 1. The molecule has 1 aliphatic rings. The zero-order valence-corrected chi connectivity index (χ0v) is 18.8. The summed E-state index contributed by atoms with van der Waals surface area (Å²) in [6.45, 7) is 0.00832. The molecule has 6 nitrogen and oxygen atoms in total. The standard InChI is InChI=1S/C26H23F4NO5/c27-22-13-15(36-26(28,29)30)9-10-20(22)24(33)23(32)11-12-31-25(34)35-14-21-18-7-3-1-5-16(18)17-6-2-4-8-19(17)21/h1-10,13,21,23-24,32-33H,11-12,14H2,(H,31,34). The average molecular weight is 505 g/mol. The maximum Gasteiger partial charge on any atom is 0.573 e. The van der Waals surface area contributed by atoms with Crippen molar-refractivity contribution in [1.82, 2.24) is 5.32 Å². The molecule has 0 fully saturated rings. The number of alkyl halides is 3. The molecule has 0 saturated carbocycles. The van der Waals surface area contributed by atoms with Crippen molar-refractivity contribution >= 4 is 6.09 Å². The highest BCUT2D eigenvalue weighted by Crippen LogP contribution is 2.44. The largest absolute Gasteiger partial charge is 0.573 e. The number of hydrogen-bond donors (Lipinski definition) is 3. The quantitative estimate of drug-likeness (QED) is 0.373. The van der Waals surface area contributed by atoms with Crippen molar-refractivity contribution in [3.63, 3.8) is 0 Å². The number of amides is 1. The average Bonchev–Trinajstić information content (AvgIpc) is 3.15. The Morgan fingerprint density at radius 3 is 2.17 bits per heavy atom. The summed E-state index contributed by atoms with van der Waals surface area (Å²) < 4.78 is 59.9. The number of rotatable bonds is 8. The summed E-state index contributed by atoms with van der Waals surface area (Å²) in [6, 6.07) is 17.9. The number of nitrogens with one attached hydrogen (secondary N) is 1. The van der Waals surface area contributed by atoms with Gasteiger partial charge in [-0.25, -0.2) is 9.18 Å². The second-order valence-electron chi connectivity index (χ2n) is 8.28. The van der Waals surface area contributed by atoms with E-state index in [4.69, 9.17) is 4.74 Å². The van der Waals surface area contributed by atoms with Crippen LogP contribution in [0, 0.1) is 5.82 Å². The molecule has 0 aliphatic heterocycles. The Hall–Kier alpha value is -3.63. The molecule has 36 heavy (non-hydrogen) atoms. The first kappa shape index (κ1) is 25.5. The maximum absolute atomic E-state index is 14.1. The normalized spacial score (nSPS) is 14.5. The minimum Gasteiger partial charge on any atom is -0.449 e. The number of fused-ring (bicyclic) bond motifs is 3. The van der Waals surface area contributed by atoms with Gasteiger partial charge < -0.3 is 25.0 Å². The molecule has 0 aromatic heterocycles. The van der Waals surface area contributed by atoms with Gasteiger partial charge in [0, 0.05) is 24.1 Å². The van der Waals surface area contributed by atoms with E-state index in [-0.39, 0.29) is 25.5 Å². The first-order valence-corrected chi connectivity index (χ1v) is 11.1. The first-order chi connectivity index (χ1) is 17.1. The molecule has 0 bridgehead atoms. The molecule has 3 aromatic rings. The first-order valence-electron chi connectivity index (χ1n) is 11.1. The maximum atomic E-state index is 14.1. The highest BCUT2D eigenvalue weighted by Gasteiger charge is 2.32. The van der Waals surface area contributed by atoms with Gasteiger partial charge in [0.25, 0.3) is 0 Å². The van der Waals surface area contributed by atoms with E-state index in [1.807, 2.05) is 48.5 Å². The number of benzene rings is 3. The summed E-state index contributed by atoms with van der Waals surface area (Å²) in [4.78, 5) is 12.2. The van der Waals surface area contributed by atoms with Crippen LogP contribution in [0.3, 0.4) is 0 Å². The molecule has 1 amide bonds. The van der Waals surface area contributed by atoms with Crippen LogP contribution in [0.25, 0.3) is 11.1 Å². The van der Waals surface area contributed by atoms with Gasteiger partial charge in [0.2, 0.25) is 0 Å². The molecule has 2 atom stereocenters. The van der Waals surface area contributed by atoms with Crippen LogP contribution in [-0.2, 0) is 4.74 Å². The van der Waals surface area contributed by atoms with Crippen molar-refractivity contribution in [3.8, 4) is 16.9 Å². The summed E-state index contributed by atoms with van der Waals surface area (Å²) >= 11 is 0. The summed E-state index contributed by atoms with van der Waals surface area (Å²) in [7, 11) is 0. The zero-order valence-electron chi connectivity index (χ0n) is 18.8. The lowest BCUT2D eigenvalue weighted by Gasteiger charge is -2.20. The molecule has 3 N–H and O–H groups in total. The van der Waals surface area contributed by atoms with Gasteiger partial charge in [-0.2, -0.15) is 0 Å². The van der Waals surface area contributed by atoms with Crippen molar-refractivity contribution in [2.75, 3.05) is 13.2 Å². The number of aliphatic hydroxyl groups is 2. The second-order valence-corrected chi connectivity index (χ2v) is 8.28. The van der Waals surface area contributed by atoms with E-state index in [0.29, 0.717) is 6.07 Å². The van der Waals surface area contributed by atoms with Crippen LogP contribution in [0.4, 0.5) is 22.4 Å². The molecule has 0 heterocycles. The van der Waals surface area contributed by atoms with Crippen LogP contribution in [0.2, 0.25) is 0 Å². The van der Waals surface area contributed by atoms with E-state index < -0.39 is 41.8 Å². The summed E-state index contributed by atoms with van der Waals surface area (Å²) in [6.07, 6.45) is -9.10. The number of carbonyl (C=O) groups excluding carboxylic acids is 1. The SMILES string of the molecule is O=C(NCCC(O)C(O)c1ccc(OC(F)(F)F)cc1F)OCC1c2ccccc2-c2ccccc21. The fraction of sp³-hybridized carbons (Fsp3) is 0.269. The van der Waals surface area contributed by atoms with E-state index in [1.54, 1.807) is 0 Å². The molecule has 2 unspecified atom stereocenters. The molecule has 190 valence electrons. The fourth-order valence-corrected chi connectivity index (χ4v) is 4.28. The lowest BCUT2D eigenvalue weighted by Crippen LogP contribution is -2.31. The molecule has 1 aliphatic carbocycles. The molecule has 4 rings (SSSR count). The monoisotopic (exact) mass is 505 g/mol. The zero-order chi connectivity index (χ0) is 25.9. The smallest absolute Gasteiger partial charge is 0.449 e. The van der Waals surface area contributed by atoms with Crippen LogP contribution in [0.15, 0.2) is 66.7 Å². The Morgan fingerprint density at radius 2 is 1.58 bits per heavy atom. The van der Waals surface area contributed by atoms with Crippen LogP contribution < -0.4 is 10.1 Å². The minimum atomic E-state index is -4.99. The van der Waals surface area contributed by atoms with Gasteiger partial charge in [-0.3, -0.25) is 0 Å². The fourth-order valence-electron chi connectivity index (χ4n) is 4.28. The number of halogens is 4. The Labute approximate surface area is 204 Å². The predicted octanol–water partition coefficient (Wildman–Crippen LogP) is 5.05. The predicted molar refractivity (Wildman–Crippen MR) is 122 cm³/mol. The van der Waals surface area contributed by atoms with Gasteiger partial charge in [-0.1, -0.05) is 48.5 Å². The summed E-state index contributed by atoms with van der Waals surface area (Å²) in [5.74, 6) is -2.09. The summed E-state index contributed by atoms with van der Waals surface area (Å²) in [5, 5.41) is 22.8. The summed E-state index contributed by atoms with van der Waals surface area (Å²) in [5.41, 5.74) is 3.88. The number of alkyl carbamates (subject to hydrolysis) is 1. The second kappa shape index (κ2) is 10.5. The van der Waals surface area contributed by atoms with E-state index in [1.165, 1.54) is 0 Å². The molecule has 0 saturated heterocycles. The van der Waals surface area contributed by atoms with Crippen LogP contribution >= 0.6 is 0 Å². The van der Waals surface area contributed by atoms with E-state index in [9.17, 15) is 32.6 Å². The molecular formula is C26H23F4NO5. The molecule has 10 heteroatoms. The third kappa shape index (κ3) is 5.77. The number of ether oxygens (including phenoxy) is 2. The molecule has 3 aromatic carbocycles. The van der Waals surface area contributed by atoms with E-state index in [2.05, 4.69) is 10.1 Å². The Morgan fingerprint density at radius 1 is 0.972 bits per heavy atom. The van der Waals surface area contributed by atoms with Gasteiger partial charge in [-0.15, -0.1) is 13.2 Å². The van der Waals surface area contributed by atoms with Crippen LogP contribution in [0.5, 0.6) is 5.75 Å². The van der Waals surface area contributed by atoms with Gasteiger partial charge in [-0.05, 0) is 40.8 Å². The topological polar surface area (TPSA) is 88.0 Å². The van der Waals surface area contributed by atoms with Crippen molar-refractivity contribution in [3.05, 3.63) is 89.2 Å². The third-order valence-corrected chi connectivity index (χ3v) is 5.94. The van der Waals surface area contributed by atoms with Crippen molar-refractivity contribution < 1.29 is 42.0 Å². The van der Waals surface area contributed by atoms with E-state index in [0.717, 1.165) is 34.4 Å². The Balaban J connectivity index is 1.27. The lowest BCUT2D eigenvalue weighted by atomic mass is 9.98. The molecular weight excluding hydrogens is 482 g/mol. The van der Waals surface area contributed by atoms with Crippen molar-refractivity contribution in [1.29, 1.82) is 0 Å².